The zero-order valence-corrected chi connectivity index (χ0v) is 25.3. The monoisotopic (exact) mass is 579 g/mol. The van der Waals surface area contributed by atoms with Crippen LogP contribution in [0.2, 0.25) is 0 Å². The van der Waals surface area contributed by atoms with Crippen LogP contribution in [0.5, 0.6) is 0 Å². The number of alkyl carbamates (subject to hydrolysis) is 1. The summed E-state index contributed by atoms with van der Waals surface area (Å²) >= 11 is 0. The van der Waals surface area contributed by atoms with E-state index in [1.807, 2.05) is 0 Å². The lowest BCUT2D eigenvalue weighted by atomic mass is 9.84. The Hall–Kier alpha value is -3.06. The zero-order chi connectivity index (χ0) is 30.5. The van der Waals surface area contributed by atoms with Gasteiger partial charge < -0.3 is 36.5 Å². The predicted molar refractivity (Wildman–Crippen MR) is 152 cm³/mol. The number of hydrazine groups is 2. The van der Waals surface area contributed by atoms with Gasteiger partial charge in [0.05, 0.1) is 17.7 Å². The molecule has 1 saturated heterocycles. The molecule has 1 unspecified atom stereocenters. The van der Waals surface area contributed by atoms with E-state index in [1.54, 1.807) is 52.8 Å². The first-order valence-electron chi connectivity index (χ1n) is 14.7. The highest BCUT2D eigenvalue weighted by Crippen LogP contribution is 2.32. The third-order valence-electron chi connectivity index (χ3n) is 7.86. The van der Waals surface area contributed by atoms with Crippen molar-refractivity contribution in [2.45, 2.75) is 116 Å². The molecule has 4 amide bonds. The SMILES string of the molecule is CC(CNC(=O)[C@@H]1C[C@H](N2NNC=C2C(C)(C)O)CN1C(=O)[C@@H](CC1CCCCC1)NC(=O)OC(C)(C)C)C(N)=O. The smallest absolute Gasteiger partial charge is 0.408 e. The molecule has 3 aliphatic rings. The number of carbonyl (C=O) groups is 4. The minimum Gasteiger partial charge on any atom is -0.444 e. The van der Waals surface area contributed by atoms with Crippen molar-refractivity contribution in [2.24, 2.45) is 17.6 Å². The van der Waals surface area contributed by atoms with Crippen molar-refractivity contribution in [3.8, 4) is 0 Å². The molecular weight excluding hydrogens is 530 g/mol. The van der Waals surface area contributed by atoms with Gasteiger partial charge in [0.1, 0.15) is 23.3 Å². The largest absolute Gasteiger partial charge is 0.444 e. The van der Waals surface area contributed by atoms with E-state index in [-0.39, 0.29) is 37.4 Å². The number of rotatable bonds is 10. The predicted octanol–water partition coefficient (Wildman–Crippen LogP) is 0.994. The number of likely N-dealkylation sites (tertiary alicyclic amines) is 1. The van der Waals surface area contributed by atoms with E-state index in [9.17, 15) is 24.3 Å². The average molecular weight is 580 g/mol. The molecule has 0 bridgehead atoms. The van der Waals surface area contributed by atoms with E-state index in [4.69, 9.17) is 10.5 Å². The van der Waals surface area contributed by atoms with Gasteiger partial charge >= 0.3 is 6.09 Å². The van der Waals surface area contributed by atoms with Crippen LogP contribution in [0.3, 0.4) is 0 Å². The standard InChI is InChI=1S/C28H49N7O6/c1-17(23(29)36)14-30-24(37)21-13-19(35-22(15-31-33-35)28(5,6)40)16-34(21)25(38)20(12-18-10-8-7-9-11-18)32-26(39)41-27(2,3)4/h15,17-21,31,33,40H,7-14,16H2,1-6H3,(H2,29,36)(H,30,37)(H,32,39)/t17?,19-,20+,21-/m0/s1. The molecule has 0 aromatic carbocycles. The van der Waals surface area contributed by atoms with Gasteiger partial charge in [-0.05, 0) is 47.0 Å². The lowest BCUT2D eigenvalue weighted by molar-refractivity contribution is -0.140. The number of nitrogens with two attached hydrogens (primary N) is 1. The van der Waals surface area contributed by atoms with Crippen LogP contribution in [0.15, 0.2) is 11.9 Å². The summed E-state index contributed by atoms with van der Waals surface area (Å²) in [4.78, 5) is 53.5. The summed E-state index contributed by atoms with van der Waals surface area (Å²) in [7, 11) is 0. The van der Waals surface area contributed by atoms with Gasteiger partial charge in [-0.2, -0.15) is 0 Å². The van der Waals surface area contributed by atoms with E-state index < -0.39 is 47.1 Å². The fourth-order valence-corrected chi connectivity index (χ4v) is 5.65. The van der Waals surface area contributed by atoms with Crippen LogP contribution in [0, 0.1) is 11.8 Å². The highest BCUT2D eigenvalue weighted by Gasteiger charge is 2.47. The Kier molecular flexibility index (Phi) is 10.5. The Labute approximate surface area is 242 Å². The van der Waals surface area contributed by atoms with Crippen molar-refractivity contribution in [1.82, 2.24) is 31.5 Å². The molecular formula is C28H49N7O6. The topological polar surface area (TPSA) is 178 Å². The van der Waals surface area contributed by atoms with Crippen LogP contribution in [0.1, 0.15) is 86.5 Å². The molecule has 7 N–H and O–H groups in total. The van der Waals surface area contributed by atoms with Crippen molar-refractivity contribution in [3.05, 3.63) is 11.9 Å². The number of primary amides is 1. The molecule has 0 radical (unpaired) electrons. The molecule has 1 aliphatic carbocycles. The van der Waals surface area contributed by atoms with Gasteiger partial charge in [0.15, 0.2) is 0 Å². The normalized spacial score (nSPS) is 23.3. The molecule has 0 spiro atoms. The molecule has 13 heteroatoms. The van der Waals surface area contributed by atoms with Gasteiger partial charge in [0.2, 0.25) is 17.7 Å². The first-order valence-corrected chi connectivity index (χ1v) is 14.7. The number of ether oxygens (including phenoxy) is 1. The van der Waals surface area contributed by atoms with Gasteiger partial charge in [-0.15, -0.1) is 5.53 Å². The van der Waals surface area contributed by atoms with E-state index in [2.05, 4.69) is 21.6 Å². The lowest BCUT2D eigenvalue weighted by Crippen LogP contribution is -2.55. The van der Waals surface area contributed by atoms with Crippen molar-refractivity contribution in [1.29, 1.82) is 0 Å². The van der Waals surface area contributed by atoms with Crippen molar-refractivity contribution >= 4 is 23.8 Å². The maximum Gasteiger partial charge on any atom is 0.408 e. The second kappa shape index (κ2) is 13.3. The Balaban J connectivity index is 1.87. The molecule has 41 heavy (non-hydrogen) atoms. The number of aliphatic hydroxyl groups is 1. The van der Waals surface area contributed by atoms with E-state index >= 15 is 0 Å². The summed E-state index contributed by atoms with van der Waals surface area (Å²) in [6, 6.07) is -2.11. The fraction of sp³-hybridized carbons (Fsp3) is 0.786. The van der Waals surface area contributed by atoms with Crippen LogP contribution in [-0.2, 0) is 19.1 Å². The molecule has 3 rings (SSSR count). The number of amides is 4. The molecule has 0 aromatic rings. The lowest BCUT2D eigenvalue weighted by Gasteiger charge is -2.34. The average Bonchev–Trinajstić information content (AvgIpc) is 3.53. The molecule has 232 valence electrons. The summed E-state index contributed by atoms with van der Waals surface area (Å²) in [6.07, 6.45) is 6.92. The van der Waals surface area contributed by atoms with Crippen molar-refractivity contribution in [3.63, 3.8) is 0 Å². The Morgan fingerprint density at radius 3 is 2.39 bits per heavy atom. The maximum atomic E-state index is 14.2. The Morgan fingerprint density at radius 2 is 1.80 bits per heavy atom. The van der Waals surface area contributed by atoms with Crippen LogP contribution in [0.4, 0.5) is 4.79 Å². The maximum absolute atomic E-state index is 14.2. The molecule has 2 aliphatic heterocycles. The number of nitrogens with zero attached hydrogens (tertiary/aromatic N) is 2. The highest BCUT2D eigenvalue weighted by molar-refractivity contribution is 5.92. The minimum absolute atomic E-state index is 0.0391. The molecule has 13 nitrogen and oxygen atoms in total. The zero-order valence-electron chi connectivity index (χ0n) is 25.3. The summed E-state index contributed by atoms with van der Waals surface area (Å²) in [5.74, 6) is -1.63. The molecule has 4 atom stereocenters. The fourth-order valence-electron chi connectivity index (χ4n) is 5.65. The summed E-state index contributed by atoms with van der Waals surface area (Å²) in [5.41, 5.74) is 9.90. The Morgan fingerprint density at radius 1 is 1.15 bits per heavy atom. The van der Waals surface area contributed by atoms with Gasteiger partial charge in [-0.1, -0.05) is 39.0 Å². The summed E-state index contributed by atoms with van der Waals surface area (Å²) in [5, 5.41) is 18.0. The van der Waals surface area contributed by atoms with Crippen LogP contribution < -0.4 is 27.3 Å². The summed E-state index contributed by atoms with van der Waals surface area (Å²) < 4.78 is 5.48. The molecule has 1 saturated carbocycles. The van der Waals surface area contributed by atoms with Crippen LogP contribution in [-0.4, -0.2) is 81.2 Å². The van der Waals surface area contributed by atoms with Gasteiger partial charge in [0, 0.05) is 25.7 Å². The van der Waals surface area contributed by atoms with Gasteiger partial charge in [-0.25, -0.2) is 4.79 Å². The Bertz CT molecular complexity index is 999. The number of hydrogen-bond acceptors (Lipinski definition) is 9. The number of nitrogens with one attached hydrogen (secondary N) is 4. The van der Waals surface area contributed by atoms with Gasteiger partial charge in [-0.3, -0.25) is 19.4 Å². The molecule has 0 aromatic heterocycles. The second-order valence-corrected chi connectivity index (χ2v) is 13.1. The van der Waals surface area contributed by atoms with E-state index in [1.165, 1.54) is 4.90 Å². The van der Waals surface area contributed by atoms with Crippen LogP contribution >= 0.6 is 0 Å². The molecule has 2 heterocycles. The first-order chi connectivity index (χ1) is 19.1. The van der Waals surface area contributed by atoms with Crippen molar-refractivity contribution < 1.29 is 29.0 Å². The van der Waals surface area contributed by atoms with Crippen LogP contribution in [0.25, 0.3) is 0 Å². The third kappa shape index (κ3) is 8.96. The third-order valence-corrected chi connectivity index (χ3v) is 7.86. The quantitative estimate of drug-likeness (QED) is 0.220. The number of carbonyl (C=O) groups excluding carboxylic acids is 4. The number of hydrogen-bond donors (Lipinski definition) is 6. The summed E-state index contributed by atoms with van der Waals surface area (Å²) in [6.45, 7) is 10.4. The second-order valence-electron chi connectivity index (χ2n) is 13.1. The van der Waals surface area contributed by atoms with E-state index in [0.29, 0.717) is 12.1 Å². The first kappa shape index (κ1) is 32.5. The minimum atomic E-state index is -1.19. The highest BCUT2D eigenvalue weighted by atomic mass is 16.6. The van der Waals surface area contributed by atoms with E-state index in [0.717, 1.165) is 32.1 Å². The van der Waals surface area contributed by atoms with Gasteiger partial charge in [0.25, 0.3) is 0 Å². The van der Waals surface area contributed by atoms with Crippen molar-refractivity contribution in [2.75, 3.05) is 13.1 Å². The molecule has 2 fully saturated rings.